The molecule has 0 fully saturated rings. The Balaban J connectivity index is 2.55. The summed E-state index contributed by atoms with van der Waals surface area (Å²) in [4.78, 5) is 8.73. The summed E-state index contributed by atoms with van der Waals surface area (Å²) in [6, 6.07) is 0. The van der Waals surface area contributed by atoms with Crippen LogP contribution >= 0.6 is 15.9 Å². The van der Waals surface area contributed by atoms with Crippen LogP contribution in [0.3, 0.4) is 0 Å². The van der Waals surface area contributed by atoms with E-state index in [9.17, 15) is 0 Å². The number of nitrogens with two attached hydrogens (primary N) is 1. The van der Waals surface area contributed by atoms with E-state index >= 15 is 0 Å². The molecular weight excluding hydrogens is 298 g/mol. The lowest BCUT2D eigenvalue weighted by molar-refractivity contribution is 0.0716. The van der Waals surface area contributed by atoms with Gasteiger partial charge in [0.25, 0.3) is 0 Å². The zero-order chi connectivity index (χ0) is 13.4. The van der Waals surface area contributed by atoms with Gasteiger partial charge in [0.05, 0.1) is 30.0 Å². The third-order valence-electron chi connectivity index (χ3n) is 2.38. The van der Waals surface area contributed by atoms with Gasteiger partial charge in [-0.3, -0.25) is 0 Å². The van der Waals surface area contributed by atoms with Crippen molar-refractivity contribution in [3.05, 3.63) is 16.0 Å². The van der Waals surface area contributed by atoms with Gasteiger partial charge in [-0.15, -0.1) is 0 Å². The number of aromatic nitrogens is 2. The first-order valence-corrected chi connectivity index (χ1v) is 6.85. The van der Waals surface area contributed by atoms with Gasteiger partial charge in [0.15, 0.2) is 0 Å². The molecule has 1 aromatic heterocycles. The fourth-order valence-electron chi connectivity index (χ4n) is 1.49. The number of rotatable bonds is 8. The molecule has 2 N–H and O–H groups in total. The van der Waals surface area contributed by atoms with Crippen molar-refractivity contribution in [2.24, 2.45) is 0 Å². The van der Waals surface area contributed by atoms with Crippen LogP contribution < -0.4 is 5.73 Å². The number of hydrogen-bond donors (Lipinski definition) is 1. The molecule has 0 aromatic carbocycles. The fourth-order valence-corrected chi connectivity index (χ4v) is 1.86. The van der Waals surface area contributed by atoms with Gasteiger partial charge in [-0.05, 0) is 22.4 Å². The monoisotopic (exact) mass is 317 g/mol. The molecule has 1 heterocycles. The van der Waals surface area contributed by atoms with Crippen molar-refractivity contribution >= 4 is 21.7 Å². The third-order valence-corrected chi connectivity index (χ3v) is 3.24. The number of hydrogen-bond acceptors (Lipinski definition) is 5. The summed E-state index contributed by atoms with van der Waals surface area (Å²) in [5, 5.41) is 0. The fraction of sp³-hybridized carbons (Fsp3) is 0.667. The van der Waals surface area contributed by atoms with E-state index in [0.717, 1.165) is 28.8 Å². The van der Waals surface area contributed by atoms with Crippen molar-refractivity contribution < 1.29 is 9.47 Å². The molecule has 0 aliphatic carbocycles. The molecule has 0 saturated heterocycles. The minimum Gasteiger partial charge on any atom is -0.383 e. The molecule has 0 atom stereocenters. The molecule has 0 amide bonds. The Labute approximate surface area is 116 Å². The predicted molar refractivity (Wildman–Crippen MR) is 74.5 cm³/mol. The Kier molecular flexibility index (Phi) is 7.15. The van der Waals surface area contributed by atoms with Crippen LogP contribution in [-0.2, 0) is 22.3 Å². The first-order chi connectivity index (χ1) is 8.69. The minimum atomic E-state index is 0.500. The van der Waals surface area contributed by atoms with Gasteiger partial charge in [-0.1, -0.05) is 13.3 Å². The third kappa shape index (κ3) is 4.88. The molecule has 0 bridgehead atoms. The standard InChI is InChI=1S/C12H20BrN3O2/c1-3-4-9-11(13)12(14)16-10(15-9)5-6-18-8-7-17-2/h3-8H2,1-2H3,(H2,14,15,16). The lowest BCUT2D eigenvalue weighted by Crippen LogP contribution is -2.10. The van der Waals surface area contributed by atoms with E-state index in [-0.39, 0.29) is 0 Å². The van der Waals surface area contributed by atoms with E-state index in [4.69, 9.17) is 15.2 Å². The Morgan fingerprint density at radius 2 is 1.94 bits per heavy atom. The molecule has 102 valence electrons. The lowest BCUT2D eigenvalue weighted by atomic mass is 10.2. The van der Waals surface area contributed by atoms with E-state index in [2.05, 4.69) is 32.8 Å². The first kappa shape index (κ1) is 15.3. The number of methoxy groups -OCH3 is 1. The molecule has 5 nitrogen and oxygen atoms in total. The zero-order valence-corrected chi connectivity index (χ0v) is 12.5. The summed E-state index contributed by atoms with van der Waals surface area (Å²) in [5.74, 6) is 1.23. The Hall–Kier alpha value is -0.720. The molecule has 1 rings (SSSR count). The number of ether oxygens (including phenoxy) is 2. The second-order valence-corrected chi connectivity index (χ2v) is 4.68. The minimum absolute atomic E-state index is 0.500. The van der Waals surface area contributed by atoms with Crippen LogP contribution in [-0.4, -0.2) is 36.9 Å². The predicted octanol–water partition coefficient (Wildman–Crippen LogP) is 1.98. The summed E-state index contributed by atoms with van der Waals surface area (Å²) in [7, 11) is 1.65. The summed E-state index contributed by atoms with van der Waals surface area (Å²) in [5.41, 5.74) is 6.81. The molecule has 0 radical (unpaired) electrons. The average Bonchev–Trinajstić information content (AvgIpc) is 2.35. The number of anilines is 1. The quantitative estimate of drug-likeness (QED) is 0.742. The summed E-state index contributed by atoms with van der Waals surface area (Å²) in [6.45, 7) is 3.88. The molecule has 18 heavy (non-hydrogen) atoms. The van der Waals surface area contributed by atoms with Gasteiger partial charge in [0.1, 0.15) is 11.6 Å². The highest BCUT2D eigenvalue weighted by Crippen LogP contribution is 2.22. The first-order valence-electron chi connectivity index (χ1n) is 6.06. The molecule has 0 saturated carbocycles. The molecule has 0 unspecified atom stereocenters. The summed E-state index contributed by atoms with van der Waals surface area (Å²) < 4.78 is 11.1. The van der Waals surface area contributed by atoms with Crippen LogP contribution in [0.5, 0.6) is 0 Å². The number of nitrogens with zero attached hydrogens (tertiary/aromatic N) is 2. The van der Waals surface area contributed by atoms with Gasteiger partial charge in [0.2, 0.25) is 0 Å². The van der Waals surface area contributed by atoms with Gasteiger partial charge >= 0.3 is 0 Å². The van der Waals surface area contributed by atoms with E-state index in [1.807, 2.05) is 0 Å². The molecule has 0 aliphatic rings. The van der Waals surface area contributed by atoms with E-state index in [1.54, 1.807) is 7.11 Å². The molecule has 0 spiro atoms. The second-order valence-electron chi connectivity index (χ2n) is 3.89. The smallest absolute Gasteiger partial charge is 0.141 e. The van der Waals surface area contributed by atoms with Crippen LogP contribution in [0.4, 0.5) is 5.82 Å². The maximum Gasteiger partial charge on any atom is 0.141 e. The largest absolute Gasteiger partial charge is 0.383 e. The Morgan fingerprint density at radius 1 is 1.17 bits per heavy atom. The Bertz CT molecular complexity index is 375. The number of halogens is 1. The van der Waals surface area contributed by atoms with Crippen LogP contribution in [0.1, 0.15) is 24.9 Å². The van der Waals surface area contributed by atoms with Crippen molar-refractivity contribution in [1.82, 2.24) is 9.97 Å². The normalized spacial score (nSPS) is 10.8. The van der Waals surface area contributed by atoms with Gasteiger partial charge in [-0.25, -0.2) is 9.97 Å². The molecule has 1 aromatic rings. The van der Waals surface area contributed by atoms with Crippen LogP contribution in [0.25, 0.3) is 0 Å². The highest BCUT2D eigenvalue weighted by atomic mass is 79.9. The molecule has 6 heteroatoms. The van der Waals surface area contributed by atoms with Gasteiger partial charge in [0, 0.05) is 13.5 Å². The lowest BCUT2D eigenvalue weighted by Gasteiger charge is -2.08. The van der Waals surface area contributed by atoms with E-state index in [1.165, 1.54) is 0 Å². The van der Waals surface area contributed by atoms with Crippen LogP contribution in [0.15, 0.2) is 4.47 Å². The van der Waals surface area contributed by atoms with Crippen LogP contribution in [0.2, 0.25) is 0 Å². The SMILES string of the molecule is CCCc1nc(CCOCCOC)nc(N)c1Br. The zero-order valence-electron chi connectivity index (χ0n) is 10.9. The molecule has 0 aliphatic heterocycles. The van der Waals surface area contributed by atoms with Crippen LogP contribution in [0, 0.1) is 0 Å². The average molecular weight is 318 g/mol. The van der Waals surface area contributed by atoms with Crippen molar-refractivity contribution in [3.63, 3.8) is 0 Å². The van der Waals surface area contributed by atoms with Crippen molar-refractivity contribution in [1.29, 1.82) is 0 Å². The second kappa shape index (κ2) is 8.39. The Morgan fingerprint density at radius 3 is 2.61 bits per heavy atom. The summed E-state index contributed by atoms with van der Waals surface area (Å²) in [6.07, 6.45) is 2.58. The van der Waals surface area contributed by atoms with Crippen molar-refractivity contribution in [2.45, 2.75) is 26.2 Å². The molecular formula is C12H20BrN3O2. The highest BCUT2D eigenvalue weighted by Gasteiger charge is 2.09. The van der Waals surface area contributed by atoms with Crippen molar-refractivity contribution in [3.8, 4) is 0 Å². The number of nitrogen functional groups attached to an aromatic ring is 1. The topological polar surface area (TPSA) is 70.3 Å². The van der Waals surface area contributed by atoms with E-state index in [0.29, 0.717) is 32.1 Å². The number of aryl methyl sites for hydroxylation is 1. The highest BCUT2D eigenvalue weighted by molar-refractivity contribution is 9.10. The van der Waals surface area contributed by atoms with Gasteiger partial charge < -0.3 is 15.2 Å². The van der Waals surface area contributed by atoms with E-state index < -0.39 is 0 Å². The summed E-state index contributed by atoms with van der Waals surface area (Å²) >= 11 is 3.42. The van der Waals surface area contributed by atoms with Crippen molar-refractivity contribution in [2.75, 3.05) is 32.7 Å². The maximum atomic E-state index is 5.84. The maximum absolute atomic E-state index is 5.84. The van der Waals surface area contributed by atoms with Gasteiger partial charge in [-0.2, -0.15) is 0 Å².